The van der Waals surface area contributed by atoms with Crippen molar-refractivity contribution in [3.05, 3.63) is 65.2 Å². The minimum absolute atomic E-state index is 0.00956. The molecular formula is C43H57N7O9. The van der Waals surface area contributed by atoms with E-state index < -0.39 is 41.7 Å². The lowest BCUT2D eigenvalue weighted by atomic mass is 9.99. The zero-order valence-corrected chi connectivity index (χ0v) is 34.1. The standard InChI is InChI=1S/C43H57N7O9/c1-3-4-7-14-32-26-34-31(15-12-16-35(34)49-41(32)44)13-8-6-11-25-45-43(57)58-28-30-19-21-33(22-20-30)48-42(56)29(2)47-37(52)27-46-36(51)17-9-5-10-18-40(55)59-50-38(53)23-24-39(50)54/h12,15-16,19-22,26,29H,3-11,13-14,17-18,23-25,27-28H2,1-2H3,(H2,44,49)(H,45,57)(H,46,51)(H,47,52)(H,48,56). The van der Waals surface area contributed by atoms with Gasteiger partial charge in [-0.15, -0.1) is 5.06 Å². The third-order valence-electron chi connectivity index (χ3n) is 9.80. The summed E-state index contributed by atoms with van der Waals surface area (Å²) in [5.74, 6) is -2.54. The van der Waals surface area contributed by atoms with Gasteiger partial charge in [0.2, 0.25) is 17.7 Å². The Balaban J connectivity index is 1.03. The van der Waals surface area contributed by atoms with Crippen LogP contribution in [-0.4, -0.2) is 70.8 Å². The Kier molecular flexibility index (Phi) is 18.6. The first-order chi connectivity index (χ1) is 28.4. The first-order valence-electron chi connectivity index (χ1n) is 20.5. The molecule has 1 atom stereocenters. The molecule has 2 aromatic carbocycles. The molecule has 59 heavy (non-hydrogen) atoms. The Hall–Kier alpha value is -6.06. The number of nitrogens with two attached hydrogens (primary N) is 1. The molecule has 1 aliphatic heterocycles. The van der Waals surface area contributed by atoms with E-state index in [1.165, 1.54) is 18.9 Å². The smallest absolute Gasteiger partial charge is 0.407 e. The Morgan fingerprint density at radius 2 is 1.51 bits per heavy atom. The van der Waals surface area contributed by atoms with Gasteiger partial charge in [-0.3, -0.25) is 24.0 Å². The van der Waals surface area contributed by atoms with Crippen molar-refractivity contribution >= 4 is 64.0 Å². The van der Waals surface area contributed by atoms with Crippen LogP contribution in [0.3, 0.4) is 0 Å². The Morgan fingerprint density at radius 1 is 0.814 bits per heavy atom. The SMILES string of the molecule is CCCCCc1cc2c(CCCCCNC(=O)OCc3ccc(NC(=O)C(C)NC(=O)CNC(=O)CCCCCC(=O)ON4C(=O)CCC4=O)cc3)cccc2nc1N. The number of nitrogen functional groups attached to an aromatic ring is 1. The number of hydrogen-bond acceptors (Lipinski definition) is 11. The van der Waals surface area contributed by atoms with Gasteiger partial charge in [-0.2, -0.15) is 0 Å². The highest BCUT2D eigenvalue weighted by Crippen LogP contribution is 2.25. The van der Waals surface area contributed by atoms with Gasteiger partial charge in [-0.1, -0.05) is 56.9 Å². The number of aromatic nitrogens is 1. The molecule has 0 saturated carbocycles. The first-order valence-corrected chi connectivity index (χ1v) is 20.5. The number of pyridine rings is 1. The second-order valence-electron chi connectivity index (χ2n) is 14.6. The van der Waals surface area contributed by atoms with Crippen molar-refractivity contribution in [2.75, 3.05) is 24.1 Å². The fourth-order valence-electron chi connectivity index (χ4n) is 6.40. The molecule has 1 unspecified atom stereocenters. The van der Waals surface area contributed by atoms with Crippen LogP contribution in [0.1, 0.15) is 114 Å². The van der Waals surface area contributed by atoms with Crippen molar-refractivity contribution in [1.82, 2.24) is 26.0 Å². The number of unbranched alkanes of at least 4 members (excludes halogenated alkanes) is 6. The molecule has 1 aliphatic rings. The van der Waals surface area contributed by atoms with Gasteiger partial charge >= 0.3 is 12.1 Å². The molecule has 0 bridgehead atoms. The lowest BCUT2D eigenvalue weighted by molar-refractivity contribution is -0.197. The van der Waals surface area contributed by atoms with Crippen LogP contribution in [-0.2, 0) is 57.8 Å². The van der Waals surface area contributed by atoms with Crippen LogP contribution >= 0.6 is 0 Å². The second-order valence-corrected chi connectivity index (χ2v) is 14.6. The topological polar surface area (TPSA) is 228 Å². The number of nitrogens with zero attached hydrogens (tertiary/aromatic N) is 2. The Labute approximate surface area is 344 Å². The molecule has 0 radical (unpaired) electrons. The quantitative estimate of drug-likeness (QED) is 0.0575. The third kappa shape index (κ3) is 15.7. The lowest BCUT2D eigenvalue weighted by Crippen LogP contribution is -2.45. The summed E-state index contributed by atoms with van der Waals surface area (Å²) < 4.78 is 5.35. The largest absolute Gasteiger partial charge is 0.445 e. The maximum Gasteiger partial charge on any atom is 0.407 e. The summed E-state index contributed by atoms with van der Waals surface area (Å²) in [7, 11) is 0. The molecule has 1 fully saturated rings. The number of amides is 6. The van der Waals surface area contributed by atoms with Crippen LogP contribution in [0.15, 0.2) is 48.5 Å². The highest BCUT2D eigenvalue weighted by molar-refractivity contribution is 6.01. The van der Waals surface area contributed by atoms with Crippen LogP contribution < -0.4 is 27.0 Å². The van der Waals surface area contributed by atoms with E-state index in [9.17, 15) is 33.6 Å². The number of hydroxylamine groups is 2. The maximum atomic E-state index is 12.7. The zero-order valence-electron chi connectivity index (χ0n) is 34.1. The minimum Gasteiger partial charge on any atom is -0.445 e. The molecule has 16 heteroatoms. The van der Waals surface area contributed by atoms with E-state index in [1.807, 2.05) is 12.1 Å². The van der Waals surface area contributed by atoms with E-state index in [0.717, 1.165) is 67.0 Å². The number of carbonyl (C=O) groups is 7. The maximum absolute atomic E-state index is 12.7. The Morgan fingerprint density at radius 3 is 2.25 bits per heavy atom. The van der Waals surface area contributed by atoms with Crippen molar-refractivity contribution in [1.29, 1.82) is 0 Å². The molecule has 2 heterocycles. The van der Waals surface area contributed by atoms with Crippen molar-refractivity contribution in [2.24, 2.45) is 0 Å². The fraction of sp³-hybridized carbons (Fsp3) is 0.488. The number of hydrogen-bond donors (Lipinski definition) is 5. The number of anilines is 2. The molecule has 3 aromatic rings. The highest BCUT2D eigenvalue weighted by Gasteiger charge is 2.32. The van der Waals surface area contributed by atoms with Gasteiger partial charge in [0.15, 0.2) is 0 Å². The lowest BCUT2D eigenvalue weighted by Gasteiger charge is -2.15. The molecule has 1 aromatic heterocycles. The monoisotopic (exact) mass is 815 g/mol. The Bertz CT molecular complexity index is 1920. The summed E-state index contributed by atoms with van der Waals surface area (Å²) in [5, 5.41) is 12.2. The van der Waals surface area contributed by atoms with E-state index in [2.05, 4.69) is 45.3 Å². The summed E-state index contributed by atoms with van der Waals surface area (Å²) in [5.41, 5.74) is 10.7. The number of alkyl carbamates (subject to hydrolysis) is 1. The van der Waals surface area contributed by atoms with Gasteiger partial charge < -0.3 is 36.6 Å². The number of carbonyl (C=O) groups excluding carboxylic acids is 7. The van der Waals surface area contributed by atoms with Gasteiger partial charge in [0.05, 0.1) is 12.1 Å². The zero-order chi connectivity index (χ0) is 42.6. The van der Waals surface area contributed by atoms with Gasteiger partial charge in [-0.25, -0.2) is 14.6 Å². The number of nitrogens with one attached hydrogen (secondary N) is 4. The van der Waals surface area contributed by atoms with Gasteiger partial charge in [0.1, 0.15) is 18.5 Å². The summed E-state index contributed by atoms with van der Waals surface area (Å²) in [6, 6.07) is 14.2. The fourth-order valence-corrected chi connectivity index (χ4v) is 6.40. The summed E-state index contributed by atoms with van der Waals surface area (Å²) in [6.07, 6.45) is 9.02. The molecule has 6 N–H and O–H groups in total. The van der Waals surface area contributed by atoms with Crippen LogP contribution in [0.25, 0.3) is 10.9 Å². The number of benzene rings is 2. The average Bonchev–Trinajstić information content (AvgIpc) is 3.53. The molecule has 16 nitrogen and oxygen atoms in total. The van der Waals surface area contributed by atoms with E-state index in [0.29, 0.717) is 42.4 Å². The number of fused-ring (bicyclic) bond motifs is 1. The van der Waals surface area contributed by atoms with Crippen LogP contribution in [0.2, 0.25) is 0 Å². The molecule has 0 spiro atoms. The average molecular weight is 816 g/mol. The highest BCUT2D eigenvalue weighted by atomic mass is 16.7. The third-order valence-corrected chi connectivity index (χ3v) is 9.80. The van der Waals surface area contributed by atoms with E-state index in [-0.39, 0.29) is 44.7 Å². The van der Waals surface area contributed by atoms with E-state index in [1.54, 1.807) is 24.3 Å². The second kappa shape index (κ2) is 24.0. The summed E-state index contributed by atoms with van der Waals surface area (Å²) in [4.78, 5) is 93.7. The van der Waals surface area contributed by atoms with E-state index >= 15 is 0 Å². The molecule has 0 aliphatic carbocycles. The molecule has 6 amide bonds. The van der Waals surface area contributed by atoms with Crippen molar-refractivity contribution in [3.8, 4) is 0 Å². The predicted molar refractivity (Wildman–Crippen MR) is 221 cm³/mol. The number of ether oxygens (including phenoxy) is 1. The number of aryl methyl sites for hydroxylation is 2. The molecular weight excluding hydrogens is 759 g/mol. The minimum atomic E-state index is -0.888. The number of rotatable bonds is 24. The van der Waals surface area contributed by atoms with Gasteiger partial charge in [-0.05, 0) is 92.8 Å². The first kappa shape index (κ1) is 45.6. The molecule has 318 valence electrons. The van der Waals surface area contributed by atoms with Crippen molar-refractivity contribution in [2.45, 2.75) is 123 Å². The van der Waals surface area contributed by atoms with Gasteiger partial charge in [0.25, 0.3) is 11.8 Å². The van der Waals surface area contributed by atoms with Crippen molar-refractivity contribution in [3.63, 3.8) is 0 Å². The van der Waals surface area contributed by atoms with Crippen LogP contribution in [0, 0.1) is 0 Å². The number of imide groups is 1. The van der Waals surface area contributed by atoms with Gasteiger partial charge in [0, 0.05) is 43.3 Å². The normalized spacial score (nSPS) is 12.9. The molecule has 1 saturated heterocycles. The van der Waals surface area contributed by atoms with Crippen LogP contribution in [0.5, 0.6) is 0 Å². The summed E-state index contributed by atoms with van der Waals surface area (Å²) in [6.45, 7) is 3.94. The van der Waals surface area contributed by atoms with E-state index in [4.69, 9.17) is 15.3 Å². The van der Waals surface area contributed by atoms with Crippen LogP contribution in [0.4, 0.5) is 16.3 Å². The van der Waals surface area contributed by atoms with Crippen molar-refractivity contribution < 1.29 is 43.1 Å². The summed E-state index contributed by atoms with van der Waals surface area (Å²) >= 11 is 0. The predicted octanol–water partition coefficient (Wildman–Crippen LogP) is 5.31. The molecule has 4 rings (SSSR count).